The minimum Gasteiger partial charge on any atom is -0.327 e. The monoisotopic (exact) mass is 139 g/mol. The Kier molecular flexibility index (Phi) is 3.33. The van der Waals surface area contributed by atoms with Gasteiger partial charge in [0, 0.05) is 12.0 Å². The van der Waals surface area contributed by atoms with Gasteiger partial charge in [-0.1, -0.05) is 0 Å². The second-order valence-electron chi connectivity index (χ2n) is 2.16. The SMILES string of the molecule is Cl.NC1CCC1CF. The summed E-state index contributed by atoms with van der Waals surface area (Å²) in [6.45, 7) is -0.221. The number of hydrogen-bond acceptors (Lipinski definition) is 1. The molecule has 2 N–H and O–H groups in total. The van der Waals surface area contributed by atoms with Crippen molar-refractivity contribution in [1.29, 1.82) is 0 Å². The fourth-order valence-electron chi connectivity index (χ4n) is 0.786. The summed E-state index contributed by atoms with van der Waals surface area (Å²) in [5.41, 5.74) is 5.39. The molecule has 1 aliphatic rings. The van der Waals surface area contributed by atoms with Gasteiger partial charge in [0.2, 0.25) is 0 Å². The lowest BCUT2D eigenvalue weighted by Gasteiger charge is -2.30. The third-order valence-electron chi connectivity index (χ3n) is 1.67. The maximum Gasteiger partial charge on any atom is 0.0937 e. The molecule has 0 aromatic heterocycles. The third kappa shape index (κ3) is 1.33. The van der Waals surface area contributed by atoms with E-state index in [1.807, 2.05) is 0 Å². The molecule has 0 radical (unpaired) electrons. The average Bonchev–Trinajstić information content (AvgIpc) is 1.65. The highest BCUT2D eigenvalue weighted by molar-refractivity contribution is 5.85. The Labute approximate surface area is 54.9 Å². The molecule has 0 aromatic rings. The number of hydrogen-bond donors (Lipinski definition) is 1. The van der Waals surface area contributed by atoms with Gasteiger partial charge in [-0.2, -0.15) is 0 Å². The topological polar surface area (TPSA) is 26.0 Å². The average molecular weight is 140 g/mol. The number of nitrogens with two attached hydrogens (primary N) is 1. The maximum atomic E-state index is 11.6. The molecule has 8 heavy (non-hydrogen) atoms. The molecule has 0 spiro atoms. The minimum absolute atomic E-state index is 0. The first-order valence-electron chi connectivity index (χ1n) is 2.66. The zero-order valence-corrected chi connectivity index (χ0v) is 5.46. The summed E-state index contributed by atoms with van der Waals surface area (Å²) in [7, 11) is 0. The summed E-state index contributed by atoms with van der Waals surface area (Å²) in [6.07, 6.45) is 2.02. The zero-order valence-electron chi connectivity index (χ0n) is 4.64. The van der Waals surface area contributed by atoms with Crippen LogP contribution in [-0.4, -0.2) is 12.7 Å². The molecule has 3 heteroatoms. The van der Waals surface area contributed by atoms with E-state index in [9.17, 15) is 4.39 Å². The highest BCUT2D eigenvalue weighted by Gasteiger charge is 2.26. The lowest BCUT2D eigenvalue weighted by Crippen LogP contribution is -2.40. The lowest BCUT2D eigenvalue weighted by molar-refractivity contribution is 0.202. The first-order chi connectivity index (χ1) is 3.34. The molecule has 1 saturated carbocycles. The van der Waals surface area contributed by atoms with Crippen LogP contribution >= 0.6 is 12.4 Å². The van der Waals surface area contributed by atoms with Gasteiger partial charge in [-0.3, -0.25) is 4.39 Å². The standard InChI is InChI=1S/C5H10FN.ClH/c6-3-4-1-2-5(4)7;/h4-5H,1-3,7H2;1H. The number of alkyl halides is 1. The molecule has 0 aromatic carbocycles. The second-order valence-corrected chi connectivity index (χ2v) is 2.16. The molecule has 0 amide bonds. The number of rotatable bonds is 1. The van der Waals surface area contributed by atoms with Crippen LogP contribution in [0.2, 0.25) is 0 Å². The van der Waals surface area contributed by atoms with Gasteiger partial charge in [-0.15, -0.1) is 12.4 Å². The van der Waals surface area contributed by atoms with Crippen LogP contribution in [0.15, 0.2) is 0 Å². The molecule has 50 valence electrons. The summed E-state index contributed by atoms with van der Waals surface area (Å²) in [4.78, 5) is 0. The van der Waals surface area contributed by atoms with E-state index in [1.54, 1.807) is 0 Å². The predicted octanol–water partition coefficient (Wildman–Crippen LogP) is 1.11. The van der Waals surface area contributed by atoms with E-state index in [0.29, 0.717) is 0 Å². The van der Waals surface area contributed by atoms with Gasteiger partial charge in [0.1, 0.15) is 0 Å². The molecule has 2 atom stereocenters. The number of halogens is 2. The quantitative estimate of drug-likeness (QED) is 0.579. The van der Waals surface area contributed by atoms with Crippen LogP contribution in [0, 0.1) is 5.92 Å². The Bertz CT molecular complexity index is 67.4. The molecular formula is C5H11ClFN. The summed E-state index contributed by atoms with van der Waals surface area (Å²) in [5.74, 6) is 0.194. The molecule has 0 bridgehead atoms. The van der Waals surface area contributed by atoms with Crippen molar-refractivity contribution in [3.8, 4) is 0 Å². The Morgan fingerprint density at radius 2 is 2.12 bits per heavy atom. The van der Waals surface area contributed by atoms with Crippen molar-refractivity contribution in [2.24, 2.45) is 11.7 Å². The van der Waals surface area contributed by atoms with Crippen LogP contribution < -0.4 is 5.73 Å². The van der Waals surface area contributed by atoms with E-state index in [1.165, 1.54) is 0 Å². The van der Waals surface area contributed by atoms with Crippen LogP contribution in [0.4, 0.5) is 4.39 Å². The van der Waals surface area contributed by atoms with Crippen molar-refractivity contribution in [3.05, 3.63) is 0 Å². The van der Waals surface area contributed by atoms with Crippen molar-refractivity contribution in [1.82, 2.24) is 0 Å². The second kappa shape index (κ2) is 3.25. The van der Waals surface area contributed by atoms with Crippen molar-refractivity contribution in [2.45, 2.75) is 18.9 Å². The van der Waals surface area contributed by atoms with Gasteiger partial charge < -0.3 is 5.73 Å². The molecule has 1 rings (SSSR count). The van der Waals surface area contributed by atoms with E-state index in [-0.39, 0.29) is 31.0 Å². The third-order valence-corrected chi connectivity index (χ3v) is 1.67. The predicted molar refractivity (Wildman–Crippen MR) is 33.9 cm³/mol. The van der Waals surface area contributed by atoms with Gasteiger partial charge in [0.05, 0.1) is 6.67 Å². The van der Waals surface area contributed by atoms with E-state index < -0.39 is 0 Å². The fourth-order valence-corrected chi connectivity index (χ4v) is 0.786. The van der Waals surface area contributed by atoms with Crippen LogP contribution in [0.3, 0.4) is 0 Å². The van der Waals surface area contributed by atoms with Crippen LogP contribution in [0.25, 0.3) is 0 Å². The highest BCUT2D eigenvalue weighted by Crippen LogP contribution is 2.25. The zero-order chi connectivity index (χ0) is 5.28. The Hall–Kier alpha value is 0.180. The van der Waals surface area contributed by atoms with Gasteiger partial charge in [-0.05, 0) is 12.8 Å². The summed E-state index contributed by atoms with van der Waals surface area (Å²) >= 11 is 0. The highest BCUT2D eigenvalue weighted by atomic mass is 35.5. The van der Waals surface area contributed by atoms with Crippen molar-refractivity contribution in [2.75, 3.05) is 6.67 Å². The van der Waals surface area contributed by atoms with Gasteiger partial charge >= 0.3 is 0 Å². The Morgan fingerprint density at radius 1 is 1.50 bits per heavy atom. The molecule has 0 saturated heterocycles. The lowest BCUT2D eigenvalue weighted by atomic mass is 9.81. The van der Waals surface area contributed by atoms with Crippen LogP contribution in [-0.2, 0) is 0 Å². The molecule has 2 unspecified atom stereocenters. The van der Waals surface area contributed by atoms with Crippen LogP contribution in [0.1, 0.15) is 12.8 Å². The van der Waals surface area contributed by atoms with Gasteiger partial charge in [0.25, 0.3) is 0 Å². The normalized spacial score (nSPS) is 35.2. The van der Waals surface area contributed by atoms with Gasteiger partial charge in [0.15, 0.2) is 0 Å². The molecule has 1 fully saturated rings. The van der Waals surface area contributed by atoms with Crippen molar-refractivity contribution >= 4 is 12.4 Å². The molecular weight excluding hydrogens is 129 g/mol. The molecule has 0 aliphatic heterocycles. The van der Waals surface area contributed by atoms with E-state index in [2.05, 4.69) is 0 Å². The van der Waals surface area contributed by atoms with Crippen molar-refractivity contribution in [3.63, 3.8) is 0 Å². The van der Waals surface area contributed by atoms with E-state index in [4.69, 9.17) is 5.73 Å². The maximum absolute atomic E-state index is 11.6. The van der Waals surface area contributed by atoms with Crippen LogP contribution in [0.5, 0.6) is 0 Å². The Morgan fingerprint density at radius 3 is 2.12 bits per heavy atom. The van der Waals surface area contributed by atoms with Gasteiger partial charge in [-0.25, -0.2) is 0 Å². The summed E-state index contributed by atoms with van der Waals surface area (Å²) in [5, 5.41) is 0. The minimum atomic E-state index is -0.221. The molecule has 0 heterocycles. The Balaban J connectivity index is 0.000000490. The largest absolute Gasteiger partial charge is 0.327 e. The fraction of sp³-hybridized carbons (Fsp3) is 1.00. The first kappa shape index (κ1) is 8.18. The molecule has 1 aliphatic carbocycles. The first-order valence-corrected chi connectivity index (χ1v) is 2.66. The summed E-state index contributed by atoms with van der Waals surface area (Å²) < 4.78 is 11.6. The molecule has 1 nitrogen and oxygen atoms in total. The van der Waals surface area contributed by atoms with E-state index in [0.717, 1.165) is 12.8 Å². The summed E-state index contributed by atoms with van der Waals surface area (Å²) in [6, 6.07) is 0.171. The van der Waals surface area contributed by atoms with Crippen molar-refractivity contribution < 1.29 is 4.39 Å². The van der Waals surface area contributed by atoms with E-state index >= 15 is 0 Å². The smallest absolute Gasteiger partial charge is 0.0937 e.